The van der Waals surface area contributed by atoms with Gasteiger partial charge in [-0.25, -0.2) is 0 Å². The monoisotopic (exact) mass is 688 g/mol. The standard InChI is InChI=1S/C36H67O2PS2.Zn/c1-3-5-7-9-11-13-15-17-19-21-23-25-27-29-34-31-32-36(41-39(37,38)40)33-35(34)30-28-26-24-22-20-18-16-14-12-10-8-6-4-2;/h31-33H,3-30H2,1-2H3,(H2,37,38,40);/q;+2/p-2. The van der Waals surface area contributed by atoms with Gasteiger partial charge in [-0.3, -0.25) is 0 Å². The summed E-state index contributed by atoms with van der Waals surface area (Å²) in [7, 11) is 0. The molecule has 0 saturated carbocycles. The van der Waals surface area contributed by atoms with Crippen molar-refractivity contribution in [1.82, 2.24) is 0 Å². The zero-order chi connectivity index (χ0) is 29.9. The number of unbranched alkanes of at least 4 members (excludes halogenated alkanes) is 24. The molecule has 240 valence electrons. The number of aryl methyl sites for hydroxylation is 2. The molecule has 0 heterocycles. The minimum absolute atomic E-state index is 0. The first-order valence-electron chi connectivity index (χ1n) is 17.8. The van der Waals surface area contributed by atoms with Gasteiger partial charge in [-0.05, 0) is 48.9 Å². The molecule has 0 spiro atoms. The van der Waals surface area contributed by atoms with Crippen LogP contribution in [0.5, 0.6) is 0 Å². The Morgan fingerprint density at radius 2 is 0.810 bits per heavy atom. The average Bonchev–Trinajstić information content (AvgIpc) is 2.94. The van der Waals surface area contributed by atoms with Crippen LogP contribution in [-0.2, 0) is 44.1 Å². The maximum atomic E-state index is 11.7. The third-order valence-electron chi connectivity index (χ3n) is 8.49. The van der Waals surface area contributed by atoms with Crippen molar-refractivity contribution in [2.45, 2.75) is 199 Å². The van der Waals surface area contributed by atoms with Crippen molar-refractivity contribution < 1.29 is 29.3 Å². The second-order valence-corrected chi connectivity index (χ2v) is 18.1. The van der Waals surface area contributed by atoms with Gasteiger partial charge in [0.1, 0.15) is 0 Å². The van der Waals surface area contributed by atoms with Crippen LogP contribution < -0.4 is 9.79 Å². The molecule has 1 aromatic carbocycles. The van der Waals surface area contributed by atoms with Gasteiger partial charge in [-0.2, -0.15) is 5.69 Å². The predicted octanol–water partition coefficient (Wildman–Crippen LogP) is 12.0. The molecule has 1 aromatic rings. The molecule has 1 rings (SSSR count). The molecule has 0 amide bonds. The SMILES string of the molecule is CCCCCCCCCCCCCCCc1ccc(SP([O-])([O-])=S)cc1CCCCCCCCCCCCCCC.[Zn+2]. The van der Waals surface area contributed by atoms with E-state index in [2.05, 4.69) is 37.8 Å². The fourth-order valence-corrected chi connectivity index (χ4v) is 8.40. The molecule has 0 unspecified atom stereocenters. The quantitative estimate of drug-likeness (QED) is 0.0458. The molecule has 0 bridgehead atoms. The van der Waals surface area contributed by atoms with Gasteiger partial charge in [0.2, 0.25) is 0 Å². The smallest absolute Gasteiger partial charge is 0.824 e. The van der Waals surface area contributed by atoms with E-state index in [9.17, 15) is 9.79 Å². The van der Waals surface area contributed by atoms with Crippen molar-refractivity contribution >= 4 is 28.9 Å². The van der Waals surface area contributed by atoms with Crippen LogP contribution in [0.2, 0.25) is 0 Å². The summed E-state index contributed by atoms with van der Waals surface area (Å²) in [5.41, 5.74) is -1.02. The fraction of sp³-hybridized carbons (Fsp3) is 0.833. The second-order valence-electron chi connectivity index (χ2n) is 12.5. The summed E-state index contributed by atoms with van der Waals surface area (Å²) in [6.45, 7) is 4.57. The molecule has 2 nitrogen and oxygen atoms in total. The normalized spacial score (nSPS) is 11.6. The zero-order valence-electron chi connectivity index (χ0n) is 27.8. The molecular formula is C36H65O2PS2Zn. The van der Waals surface area contributed by atoms with E-state index in [0.29, 0.717) is 0 Å². The molecule has 0 aliphatic carbocycles. The van der Waals surface area contributed by atoms with Gasteiger partial charge in [0.25, 0.3) is 0 Å². The molecule has 0 aliphatic rings. The van der Waals surface area contributed by atoms with Gasteiger partial charge in [0.05, 0.1) is 0 Å². The molecule has 6 heteroatoms. The van der Waals surface area contributed by atoms with E-state index in [4.69, 9.17) is 0 Å². The third kappa shape index (κ3) is 27.1. The Bertz CT molecular complexity index is 771. The Hall–Kier alpha value is 0.763. The van der Waals surface area contributed by atoms with Crippen molar-refractivity contribution in [2.24, 2.45) is 0 Å². The molecule has 0 aliphatic heterocycles. The number of hydrogen-bond donors (Lipinski definition) is 0. The molecule has 0 saturated heterocycles. The second kappa shape index (κ2) is 30.4. The van der Waals surface area contributed by atoms with Crippen LogP contribution in [0.4, 0.5) is 0 Å². The molecule has 0 aromatic heterocycles. The van der Waals surface area contributed by atoms with Crippen LogP contribution in [-0.4, -0.2) is 0 Å². The summed E-state index contributed by atoms with van der Waals surface area (Å²) in [5, 5.41) is 0. The van der Waals surface area contributed by atoms with Gasteiger partial charge >= 0.3 is 19.5 Å². The maximum Gasteiger partial charge on any atom is 2.00 e. The van der Waals surface area contributed by atoms with E-state index in [0.717, 1.165) is 29.1 Å². The zero-order valence-corrected chi connectivity index (χ0v) is 33.3. The Balaban J connectivity index is 0.0000168. The van der Waals surface area contributed by atoms with Gasteiger partial charge in [-0.1, -0.05) is 174 Å². The molecule has 0 N–H and O–H groups in total. The van der Waals surface area contributed by atoms with Gasteiger partial charge in [0.15, 0.2) is 0 Å². The first kappa shape index (κ1) is 42.8. The van der Waals surface area contributed by atoms with Crippen LogP contribution >= 0.6 is 17.1 Å². The van der Waals surface area contributed by atoms with Crippen LogP contribution in [0.15, 0.2) is 23.1 Å². The molecule has 42 heavy (non-hydrogen) atoms. The van der Waals surface area contributed by atoms with Gasteiger partial charge in [-0.15, -0.1) is 23.2 Å². The molecular weight excluding hydrogens is 625 g/mol. The summed E-state index contributed by atoms with van der Waals surface area (Å²) in [4.78, 5) is 24.2. The summed E-state index contributed by atoms with van der Waals surface area (Å²) in [6.07, 6.45) is 37.8. The number of hydrogen-bond acceptors (Lipinski definition) is 4. The maximum absolute atomic E-state index is 11.7. The third-order valence-corrected chi connectivity index (χ3v) is 11.2. The van der Waals surface area contributed by atoms with E-state index in [-0.39, 0.29) is 19.5 Å². The Kier molecular flexibility index (Phi) is 31.0. The van der Waals surface area contributed by atoms with Crippen LogP contribution in [0, 0.1) is 0 Å². The van der Waals surface area contributed by atoms with Crippen molar-refractivity contribution in [3.63, 3.8) is 0 Å². The van der Waals surface area contributed by atoms with Crippen LogP contribution in [0.25, 0.3) is 0 Å². The van der Waals surface area contributed by atoms with Crippen molar-refractivity contribution in [3.05, 3.63) is 29.3 Å². The first-order valence-corrected chi connectivity index (χ1v) is 21.9. The molecule has 0 radical (unpaired) electrons. The van der Waals surface area contributed by atoms with E-state index in [1.54, 1.807) is 0 Å². The minimum Gasteiger partial charge on any atom is -0.824 e. The van der Waals surface area contributed by atoms with Gasteiger partial charge < -0.3 is 9.79 Å². The number of rotatable bonds is 30. The summed E-state index contributed by atoms with van der Waals surface area (Å²) in [6, 6.07) is 6.25. The largest absolute Gasteiger partial charge is 2.00 e. The fourth-order valence-electron chi connectivity index (χ4n) is 5.93. The van der Waals surface area contributed by atoms with Crippen LogP contribution in [0.1, 0.15) is 192 Å². The minimum atomic E-state index is -3.78. The molecule has 0 fully saturated rings. The average molecular weight is 690 g/mol. The predicted molar refractivity (Wildman–Crippen MR) is 185 cm³/mol. The Morgan fingerprint density at radius 1 is 0.500 bits per heavy atom. The summed E-state index contributed by atoms with van der Waals surface area (Å²) >= 11 is 5.52. The van der Waals surface area contributed by atoms with E-state index < -0.39 is 5.69 Å². The Morgan fingerprint density at radius 3 is 1.14 bits per heavy atom. The first-order chi connectivity index (χ1) is 20.0. The summed E-state index contributed by atoms with van der Waals surface area (Å²) in [5.74, 6) is 0. The van der Waals surface area contributed by atoms with E-state index in [1.807, 2.05) is 6.07 Å². The van der Waals surface area contributed by atoms with Crippen molar-refractivity contribution in [2.75, 3.05) is 0 Å². The van der Waals surface area contributed by atoms with Crippen molar-refractivity contribution in [3.8, 4) is 0 Å². The van der Waals surface area contributed by atoms with Gasteiger partial charge in [0, 0.05) is 4.90 Å². The summed E-state index contributed by atoms with van der Waals surface area (Å²) < 4.78 is 0. The van der Waals surface area contributed by atoms with Crippen LogP contribution in [0.3, 0.4) is 0 Å². The van der Waals surface area contributed by atoms with E-state index >= 15 is 0 Å². The number of benzene rings is 1. The Labute approximate surface area is 284 Å². The topological polar surface area (TPSA) is 46.1 Å². The van der Waals surface area contributed by atoms with E-state index in [1.165, 1.54) is 178 Å². The van der Waals surface area contributed by atoms with Crippen molar-refractivity contribution in [1.29, 1.82) is 0 Å². The molecule has 0 atom stereocenters.